The van der Waals surface area contributed by atoms with Gasteiger partial charge >= 0.3 is 0 Å². The van der Waals surface area contributed by atoms with E-state index in [0.29, 0.717) is 0 Å². The lowest BCUT2D eigenvalue weighted by Crippen LogP contribution is -2.27. The molecule has 0 saturated carbocycles. The number of fused-ring (bicyclic) bond motifs is 15. The zero-order valence-electron chi connectivity index (χ0n) is 49.6. The van der Waals surface area contributed by atoms with E-state index in [1.807, 2.05) is 0 Å². The Kier molecular flexibility index (Phi) is 10.6. The number of benzene rings is 12. The molecule has 0 N–H and O–H groups in total. The van der Waals surface area contributed by atoms with E-state index in [1.165, 1.54) is 161 Å². The number of hydrogen-bond acceptors (Lipinski definition) is 1. The summed E-state index contributed by atoms with van der Waals surface area (Å²) in [6.07, 6.45) is 0. The first-order valence-corrected chi connectivity index (χ1v) is 30.4. The summed E-state index contributed by atoms with van der Waals surface area (Å²) in [5.74, 6) is 0. The number of para-hydroxylation sites is 4. The van der Waals surface area contributed by atoms with Crippen LogP contribution in [0.2, 0.25) is 0 Å². The number of nitrogens with zero attached hydrogens (tertiary/aromatic N) is 4. The zero-order valence-corrected chi connectivity index (χ0v) is 49.6. The summed E-state index contributed by atoms with van der Waals surface area (Å²) in [4.78, 5) is 2.38. The Hall–Kier alpha value is -10.2. The van der Waals surface area contributed by atoms with E-state index in [4.69, 9.17) is 0 Å². The molecule has 0 aliphatic carbocycles. The quantitative estimate of drug-likeness (QED) is 0.168. The van der Waals surface area contributed by atoms with Crippen LogP contribution in [0.1, 0.15) is 74.9 Å². The maximum atomic E-state index is 2.52. The Balaban J connectivity index is 0.000000172. The maximum Gasteiger partial charge on any atom is 0.0582 e. The summed E-state index contributed by atoms with van der Waals surface area (Å²) >= 11 is 0. The van der Waals surface area contributed by atoms with E-state index in [1.54, 1.807) is 0 Å². The molecular weight excluding hydrogens is 1040 g/mol. The van der Waals surface area contributed by atoms with Crippen molar-refractivity contribution in [3.05, 3.63) is 294 Å². The Morgan fingerprint density at radius 2 is 0.547 bits per heavy atom. The monoisotopic (exact) mass is 1100 g/mol. The van der Waals surface area contributed by atoms with Crippen LogP contribution >= 0.6 is 0 Å². The average molecular weight is 1110 g/mol. The molecule has 0 saturated heterocycles. The Labute approximate surface area is 502 Å². The fourth-order valence-corrected chi connectivity index (χ4v) is 15.5. The van der Waals surface area contributed by atoms with Crippen molar-refractivity contribution in [3.8, 4) is 50.4 Å². The fraction of sp³-hybridized carbons (Fsp3) is 0.122. The Morgan fingerprint density at radius 3 is 0.919 bits per heavy atom. The second kappa shape index (κ2) is 18.2. The third-order valence-corrected chi connectivity index (χ3v) is 20.0. The third-order valence-electron chi connectivity index (χ3n) is 20.0. The molecule has 15 aromatic rings. The summed E-state index contributed by atoms with van der Waals surface area (Å²) in [5, 5.41) is 7.88. The summed E-state index contributed by atoms with van der Waals surface area (Å²) in [7, 11) is 2.23. The molecule has 0 unspecified atom stereocenters. The number of hydrogen-bond donors (Lipinski definition) is 0. The van der Waals surface area contributed by atoms with Crippen LogP contribution in [-0.2, 0) is 16.2 Å². The molecule has 0 amide bonds. The number of rotatable bonds is 5. The SMILES string of the molecule is CC1(C)c2ccccc2-n2c3ccccc3c3cc(-c4ccccc4)cc1c32.CN(c1ccc2c(c1)C(C)(C)c1cc(-c3ccccc3)cc3c4ccccc4n-2c13)c1ccc2c(c1)C(C)(C)c1cc(-c3ccccc3)cc3c4ccccc4n-2c13. The van der Waals surface area contributed by atoms with Gasteiger partial charge in [0.15, 0.2) is 0 Å². The highest BCUT2D eigenvalue weighted by Gasteiger charge is 2.39. The van der Waals surface area contributed by atoms with Crippen molar-refractivity contribution in [2.45, 2.75) is 57.8 Å². The Bertz CT molecular complexity index is 5090. The van der Waals surface area contributed by atoms with Gasteiger partial charge in [0, 0.05) is 67.0 Å². The molecule has 3 aliphatic heterocycles. The van der Waals surface area contributed by atoms with E-state index in [-0.39, 0.29) is 16.2 Å². The van der Waals surface area contributed by atoms with Crippen LogP contribution in [0.5, 0.6) is 0 Å². The van der Waals surface area contributed by atoms with Crippen molar-refractivity contribution in [2.75, 3.05) is 11.9 Å². The van der Waals surface area contributed by atoms with Crippen LogP contribution in [0.4, 0.5) is 11.4 Å². The van der Waals surface area contributed by atoms with Crippen molar-refractivity contribution in [3.63, 3.8) is 0 Å². The molecule has 18 rings (SSSR count). The molecule has 0 spiro atoms. The Morgan fingerprint density at radius 1 is 0.244 bits per heavy atom. The number of anilines is 2. The van der Waals surface area contributed by atoms with Gasteiger partial charge in [-0.05, 0) is 164 Å². The second-order valence-corrected chi connectivity index (χ2v) is 25.8. The lowest BCUT2D eigenvalue weighted by atomic mass is 9.73. The normalized spacial score (nSPS) is 14.5. The third kappa shape index (κ3) is 7.04. The standard InChI is InChI=1S/C55H43N3.C27H21N/c1-54(2)44-32-38(24-26-50(44)57-48-22-14-12-20-40(48)42-28-36(30-46(54)52(42)57)34-16-8-6-9-17-34)56(5)39-25-27-51-45(33-39)55(3,4)47-31-37(35-18-10-7-11-19-35)29-43-41-21-13-15-23-49(41)58(51)53(43)47;1-27(2)22-13-7-9-15-25(22)28-24-14-8-6-12-20(24)21-16-19(17-23(27)26(21)28)18-10-4-3-5-11-18/h6-33H,1-5H3;3-17H,1-2H3. The second-order valence-electron chi connectivity index (χ2n) is 25.8. The predicted molar refractivity (Wildman–Crippen MR) is 363 cm³/mol. The largest absolute Gasteiger partial charge is 0.345 e. The first-order chi connectivity index (χ1) is 41.9. The van der Waals surface area contributed by atoms with Gasteiger partial charge in [-0.2, -0.15) is 0 Å². The minimum atomic E-state index is -0.238. The maximum absolute atomic E-state index is 2.52. The van der Waals surface area contributed by atoms with Crippen molar-refractivity contribution >= 4 is 76.8 Å². The fourth-order valence-electron chi connectivity index (χ4n) is 15.5. The molecule has 0 fully saturated rings. The predicted octanol–water partition coefficient (Wildman–Crippen LogP) is 21.4. The van der Waals surface area contributed by atoms with Crippen molar-refractivity contribution < 1.29 is 0 Å². The molecule has 412 valence electrons. The molecule has 6 heterocycles. The van der Waals surface area contributed by atoms with Gasteiger partial charge in [0.1, 0.15) is 0 Å². The van der Waals surface area contributed by atoms with E-state index in [0.717, 1.165) is 0 Å². The van der Waals surface area contributed by atoms with Crippen molar-refractivity contribution in [1.82, 2.24) is 13.7 Å². The first kappa shape index (κ1) is 50.4. The van der Waals surface area contributed by atoms with E-state index >= 15 is 0 Å². The van der Waals surface area contributed by atoms with Gasteiger partial charge in [-0.3, -0.25) is 0 Å². The van der Waals surface area contributed by atoms with Gasteiger partial charge in [-0.1, -0.05) is 205 Å². The molecule has 0 bridgehead atoms. The minimum Gasteiger partial charge on any atom is -0.345 e. The highest BCUT2D eigenvalue weighted by atomic mass is 15.1. The summed E-state index contributed by atoms with van der Waals surface area (Å²) in [5.41, 5.74) is 29.2. The average Bonchev–Trinajstić information content (AvgIpc) is 1.54. The van der Waals surface area contributed by atoms with Crippen molar-refractivity contribution in [1.29, 1.82) is 0 Å². The minimum absolute atomic E-state index is 0.0516. The molecule has 4 nitrogen and oxygen atoms in total. The van der Waals surface area contributed by atoms with Crippen LogP contribution in [0, 0.1) is 0 Å². The molecule has 0 atom stereocenters. The topological polar surface area (TPSA) is 18.0 Å². The molecule has 12 aromatic carbocycles. The number of aromatic nitrogens is 3. The van der Waals surface area contributed by atoms with Crippen LogP contribution in [0.3, 0.4) is 0 Å². The highest BCUT2D eigenvalue weighted by molar-refractivity contribution is 6.15. The zero-order chi connectivity index (χ0) is 58.0. The van der Waals surface area contributed by atoms with Crippen molar-refractivity contribution in [2.24, 2.45) is 0 Å². The summed E-state index contributed by atoms with van der Waals surface area (Å²) in [6.45, 7) is 14.3. The van der Waals surface area contributed by atoms with Gasteiger partial charge in [-0.15, -0.1) is 0 Å². The molecule has 4 heteroatoms. The van der Waals surface area contributed by atoms with Crippen LogP contribution in [0.15, 0.2) is 261 Å². The smallest absolute Gasteiger partial charge is 0.0582 e. The molecule has 3 aliphatic rings. The van der Waals surface area contributed by atoms with E-state index in [9.17, 15) is 0 Å². The van der Waals surface area contributed by atoms with E-state index < -0.39 is 0 Å². The van der Waals surface area contributed by atoms with Crippen LogP contribution in [0.25, 0.3) is 116 Å². The molecular formula is C82H64N4. The lowest BCUT2D eigenvalue weighted by Gasteiger charge is -2.37. The van der Waals surface area contributed by atoms with Gasteiger partial charge < -0.3 is 18.6 Å². The summed E-state index contributed by atoms with van der Waals surface area (Å²) < 4.78 is 7.50. The van der Waals surface area contributed by atoms with Gasteiger partial charge in [-0.25, -0.2) is 0 Å². The van der Waals surface area contributed by atoms with Crippen LogP contribution in [-0.4, -0.2) is 20.7 Å². The molecule has 86 heavy (non-hydrogen) atoms. The first-order valence-electron chi connectivity index (χ1n) is 30.4. The van der Waals surface area contributed by atoms with E-state index in [2.05, 4.69) is 328 Å². The van der Waals surface area contributed by atoms with Crippen LogP contribution < -0.4 is 4.90 Å². The van der Waals surface area contributed by atoms with Gasteiger partial charge in [0.2, 0.25) is 0 Å². The molecule has 0 radical (unpaired) electrons. The van der Waals surface area contributed by atoms with Gasteiger partial charge in [0.05, 0.1) is 50.2 Å². The van der Waals surface area contributed by atoms with Gasteiger partial charge in [0.25, 0.3) is 0 Å². The summed E-state index contributed by atoms with van der Waals surface area (Å²) in [6, 6.07) is 96.6. The lowest BCUT2D eigenvalue weighted by molar-refractivity contribution is 0.629. The molecule has 3 aromatic heterocycles. The highest BCUT2D eigenvalue weighted by Crippen LogP contribution is 2.54.